The van der Waals surface area contributed by atoms with Crippen LogP contribution in [0.25, 0.3) is 0 Å². The van der Waals surface area contributed by atoms with Gasteiger partial charge in [-0.25, -0.2) is 0 Å². The summed E-state index contributed by atoms with van der Waals surface area (Å²) in [5.41, 5.74) is 0. The van der Waals surface area contributed by atoms with Gasteiger partial charge in [-0.05, 0) is 18.8 Å². The lowest BCUT2D eigenvalue weighted by atomic mass is 10.0. The Kier molecular flexibility index (Phi) is 5.50. The lowest BCUT2D eigenvalue weighted by Gasteiger charge is -2.12. The molecule has 0 saturated heterocycles. The summed E-state index contributed by atoms with van der Waals surface area (Å²) in [4.78, 5) is 0. The summed E-state index contributed by atoms with van der Waals surface area (Å²) in [6.07, 6.45) is 3.71. The van der Waals surface area contributed by atoms with Crippen LogP contribution < -0.4 is 0 Å². The third-order valence-electron chi connectivity index (χ3n) is 1.84. The zero-order valence-electron chi connectivity index (χ0n) is 7.78. The van der Waals surface area contributed by atoms with Gasteiger partial charge in [0, 0.05) is 0 Å². The molecule has 4 heteroatoms. The molecule has 0 aliphatic heterocycles. The molecule has 0 saturated carbocycles. The van der Waals surface area contributed by atoms with Gasteiger partial charge in [0.05, 0.1) is 5.75 Å². The molecule has 0 unspecified atom stereocenters. The molecule has 0 aliphatic rings. The van der Waals surface area contributed by atoms with Gasteiger partial charge in [0.2, 0.25) is 0 Å². The Hall–Kier alpha value is -0.0900. The first kappa shape index (κ1) is 11.9. The number of hydrogen-bond acceptors (Lipinski definition) is 2. The molecule has 74 valence electrons. The molecule has 0 fully saturated rings. The van der Waals surface area contributed by atoms with E-state index in [1.54, 1.807) is 0 Å². The van der Waals surface area contributed by atoms with Crippen LogP contribution in [0.1, 0.15) is 39.5 Å². The molecule has 0 aromatic rings. The van der Waals surface area contributed by atoms with Gasteiger partial charge in [0.15, 0.2) is 0 Å². The predicted octanol–water partition coefficient (Wildman–Crippen LogP) is 2.09. The van der Waals surface area contributed by atoms with Gasteiger partial charge >= 0.3 is 0 Å². The first-order valence-electron chi connectivity index (χ1n) is 4.44. The van der Waals surface area contributed by atoms with Gasteiger partial charge in [0.1, 0.15) is 0 Å². The van der Waals surface area contributed by atoms with E-state index in [4.69, 9.17) is 4.55 Å². The van der Waals surface area contributed by atoms with Crippen molar-refractivity contribution in [2.45, 2.75) is 39.5 Å². The maximum absolute atomic E-state index is 10.5. The molecule has 0 aromatic carbocycles. The Morgan fingerprint density at radius 3 is 1.83 bits per heavy atom. The topological polar surface area (TPSA) is 54.4 Å². The fourth-order valence-electron chi connectivity index (χ4n) is 1.43. The van der Waals surface area contributed by atoms with Crippen molar-refractivity contribution in [1.29, 1.82) is 0 Å². The Labute approximate surface area is 74.9 Å². The Morgan fingerprint density at radius 1 is 1.17 bits per heavy atom. The van der Waals surface area contributed by atoms with Crippen molar-refractivity contribution in [2.75, 3.05) is 5.75 Å². The van der Waals surface area contributed by atoms with Gasteiger partial charge in [-0.3, -0.25) is 4.55 Å². The van der Waals surface area contributed by atoms with Crippen molar-refractivity contribution in [3.63, 3.8) is 0 Å². The highest BCUT2D eigenvalue weighted by atomic mass is 32.2. The molecule has 0 atom stereocenters. The second-order valence-corrected chi connectivity index (χ2v) is 4.69. The summed E-state index contributed by atoms with van der Waals surface area (Å²) in [6, 6.07) is 0. The van der Waals surface area contributed by atoms with E-state index < -0.39 is 10.1 Å². The fourth-order valence-corrected chi connectivity index (χ4v) is 2.35. The summed E-state index contributed by atoms with van der Waals surface area (Å²) in [5, 5.41) is 0. The van der Waals surface area contributed by atoms with Crippen LogP contribution in [0.2, 0.25) is 0 Å². The third kappa shape index (κ3) is 6.61. The molecule has 0 aliphatic carbocycles. The highest BCUT2D eigenvalue weighted by molar-refractivity contribution is 7.85. The zero-order chi connectivity index (χ0) is 9.61. The molecule has 0 spiro atoms. The van der Waals surface area contributed by atoms with Gasteiger partial charge in [-0.2, -0.15) is 8.42 Å². The van der Waals surface area contributed by atoms with Crippen LogP contribution in [-0.4, -0.2) is 18.7 Å². The van der Waals surface area contributed by atoms with E-state index in [1.807, 2.05) is 13.8 Å². The normalized spacial score (nSPS) is 12.3. The van der Waals surface area contributed by atoms with Gasteiger partial charge in [-0.1, -0.05) is 26.7 Å². The number of hydrogen-bond donors (Lipinski definition) is 1. The van der Waals surface area contributed by atoms with Crippen molar-refractivity contribution in [1.82, 2.24) is 0 Å². The highest BCUT2D eigenvalue weighted by Gasteiger charge is 2.14. The number of rotatable bonds is 6. The fraction of sp³-hybridized carbons (Fsp3) is 1.00. The van der Waals surface area contributed by atoms with Crippen molar-refractivity contribution >= 4 is 10.1 Å². The van der Waals surface area contributed by atoms with Crippen molar-refractivity contribution in [3.05, 3.63) is 0 Å². The lowest BCUT2D eigenvalue weighted by molar-refractivity contribution is 0.435. The highest BCUT2D eigenvalue weighted by Crippen LogP contribution is 2.14. The van der Waals surface area contributed by atoms with Crippen LogP contribution in [0, 0.1) is 5.92 Å². The summed E-state index contributed by atoms with van der Waals surface area (Å²) in [7, 11) is -3.77. The van der Waals surface area contributed by atoms with E-state index in [0.717, 1.165) is 25.7 Å². The average molecular weight is 194 g/mol. The third-order valence-corrected chi connectivity index (χ3v) is 2.73. The standard InChI is InChI=1S/C8H18O3S/c1-3-5-8(6-4-2)7-12(9,10)11/h8H,3-7H2,1-2H3,(H,9,10,11). The molecule has 0 amide bonds. The minimum Gasteiger partial charge on any atom is -0.286 e. The first-order valence-corrected chi connectivity index (χ1v) is 6.05. The molecular weight excluding hydrogens is 176 g/mol. The maximum Gasteiger partial charge on any atom is 0.265 e. The van der Waals surface area contributed by atoms with Crippen LogP contribution in [0.3, 0.4) is 0 Å². The summed E-state index contributed by atoms with van der Waals surface area (Å²) in [5.74, 6) is 0.0595. The largest absolute Gasteiger partial charge is 0.286 e. The second kappa shape index (κ2) is 5.54. The second-order valence-electron chi connectivity index (χ2n) is 3.19. The van der Waals surface area contributed by atoms with Crippen LogP contribution in [0.4, 0.5) is 0 Å². The maximum atomic E-state index is 10.5. The Bertz CT molecular complexity index is 190. The molecule has 3 nitrogen and oxygen atoms in total. The van der Waals surface area contributed by atoms with Crippen LogP contribution in [-0.2, 0) is 10.1 Å². The van der Waals surface area contributed by atoms with Gasteiger partial charge < -0.3 is 0 Å². The molecule has 0 heterocycles. The monoisotopic (exact) mass is 194 g/mol. The van der Waals surface area contributed by atoms with E-state index >= 15 is 0 Å². The molecule has 0 aromatic heterocycles. The lowest BCUT2D eigenvalue weighted by Crippen LogP contribution is -2.15. The van der Waals surface area contributed by atoms with E-state index in [1.165, 1.54) is 0 Å². The molecule has 1 N–H and O–H groups in total. The summed E-state index contributed by atoms with van der Waals surface area (Å²) in [6.45, 7) is 4.04. The average Bonchev–Trinajstić information content (AvgIpc) is 1.84. The van der Waals surface area contributed by atoms with Gasteiger partial charge in [0.25, 0.3) is 10.1 Å². The molecular formula is C8H18O3S. The Morgan fingerprint density at radius 2 is 1.58 bits per heavy atom. The molecule has 12 heavy (non-hydrogen) atoms. The van der Waals surface area contributed by atoms with Crippen LogP contribution in [0.15, 0.2) is 0 Å². The summed E-state index contributed by atoms with van der Waals surface area (Å²) >= 11 is 0. The molecule has 0 rings (SSSR count). The van der Waals surface area contributed by atoms with Crippen molar-refractivity contribution < 1.29 is 13.0 Å². The minimum atomic E-state index is -3.77. The minimum absolute atomic E-state index is 0.0747. The molecule has 0 bridgehead atoms. The van der Waals surface area contributed by atoms with Crippen molar-refractivity contribution in [3.8, 4) is 0 Å². The van der Waals surface area contributed by atoms with Gasteiger partial charge in [-0.15, -0.1) is 0 Å². The first-order chi connectivity index (χ1) is 5.49. The van der Waals surface area contributed by atoms with Crippen molar-refractivity contribution in [2.24, 2.45) is 5.92 Å². The van der Waals surface area contributed by atoms with Crippen LogP contribution >= 0.6 is 0 Å². The molecule has 0 radical (unpaired) electrons. The van der Waals surface area contributed by atoms with E-state index in [-0.39, 0.29) is 11.7 Å². The smallest absolute Gasteiger partial charge is 0.265 e. The predicted molar refractivity (Wildman–Crippen MR) is 49.7 cm³/mol. The van der Waals surface area contributed by atoms with E-state index in [9.17, 15) is 8.42 Å². The Balaban J connectivity index is 3.95. The van der Waals surface area contributed by atoms with E-state index in [0.29, 0.717) is 0 Å². The van der Waals surface area contributed by atoms with E-state index in [2.05, 4.69) is 0 Å². The van der Waals surface area contributed by atoms with Crippen LogP contribution in [0.5, 0.6) is 0 Å². The SMILES string of the molecule is CCCC(CCC)CS(=O)(=O)O. The zero-order valence-corrected chi connectivity index (χ0v) is 8.60. The summed E-state index contributed by atoms with van der Waals surface area (Å²) < 4.78 is 29.7. The quantitative estimate of drug-likeness (QED) is 0.659.